The summed E-state index contributed by atoms with van der Waals surface area (Å²) in [6, 6.07) is 13.1. The molecule has 0 bridgehead atoms. The first-order valence-electron chi connectivity index (χ1n) is 7.39. The van der Waals surface area contributed by atoms with Gasteiger partial charge in [0.05, 0.1) is 0 Å². The predicted molar refractivity (Wildman–Crippen MR) is 85.0 cm³/mol. The Kier molecular flexibility index (Phi) is 5.31. The molecule has 0 amide bonds. The number of nitrogens with zero attached hydrogens (tertiary/aromatic N) is 1. The smallest absolute Gasteiger partial charge is 0.0419 e. The molecule has 1 heterocycles. The zero-order valence-corrected chi connectivity index (χ0v) is 12.7. The first-order valence-corrected chi connectivity index (χ1v) is 7.39. The van der Waals surface area contributed by atoms with Crippen molar-refractivity contribution in [2.45, 2.75) is 39.7 Å². The summed E-state index contributed by atoms with van der Waals surface area (Å²) in [4.78, 5) is 4.45. The quantitative estimate of drug-likeness (QED) is 0.868. The Balaban J connectivity index is 2.13. The van der Waals surface area contributed by atoms with Crippen LogP contribution in [0.4, 0.5) is 0 Å². The molecule has 20 heavy (non-hydrogen) atoms. The fraction of sp³-hybridized carbons (Fsp3) is 0.389. The molecule has 2 aromatic rings. The number of likely N-dealkylation sites (N-methyl/N-ethyl adjacent to an activating group) is 1. The zero-order chi connectivity index (χ0) is 14.4. The number of rotatable bonds is 6. The number of aromatic nitrogens is 1. The van der Waals surface area contributed by atoms with Crippen molar-refractivity contribution in [3.63, 3.8) is 0 Å². The summed E-state index contributed by atoms with van der Waals surface area (Å²) in [5.74, 6) is 0. The molecular weight excluding hydrogens is 244 g/mol. The van der Waals surface area contributed by atoms with E-state index in [0.29, 0.717) is 6.04 Å². The van der Waals surface area contributed by atoms with Gasteiger partial charge in [-0.1, -0.05) is 31.2 Å². The van der Waals surface area contributed by atoms with Gasteiger partial charge in [0.15, 0.2) is 0 Å². The van der Waals surface area contributed by atoms with Gasteiger partial charge in [0.25, 0.3) is 0 Å². The van der Waals surface area contributed by atoms with E-state index in [1.807, 2.05) is 12.3 Å². The maximum absolute atomic E-state index is 4.45. The Morgan fingerprint density at radius 2 is 1.75 bits per heavy atom. The van der Waals surface area contributed by atoms with Crippen molar-refractivity contribution in [2.24, 2.45) is 0 Å². The normalized spacial score (nSPS) is 12.3. The topological polar surface area (TPSA) is 24.9 Å². The number of aryl methyl sites for hydroxylation is 2. The van der Waals surface area contributed by atoms with Crippen LogP contribution in [0.25, 0.3) is 0 Å². The molecule has 1 aromatic heterocycles. The van der Waals surface area contributed by atoms with Crippen LogP contribution in [-0.4, -0.2) is 17.6 Å². The molecule has 2 rings (SSSR count). The fourth-order valence-corrected chi connectivity index (χ4v) is 2.69. The molecule has 1 aromatic carbocycles. The molecule has 0 saturated carbocycles. The van der Waals surface area contributed by atoms with Gasteiger partial charge in [-0.3, -0.25) is 4.98 Å². The van der Waals surface area contributed by atoms with Crippen LogP contribution in [-0.2, 0) is 12.8 Å². The van der Waals surface area contributed by atoms with Gasteiger partial charge in [0, 0.05) is 24.4 Å². The lowest BCUT2D eigenvalue weighted by Crippen LogP contribution is -2.33. The van der Waals surface area contributed by atoms with E-state index in [1.165, 1.54) is 16.7 Å². The van der Waals surface area contributed by atoms with Crippen LogP contribution in [0.2, 0.25) is 0 Å². The zero-order valence-electron chi connectivity index (χ0n) is 12.7. The molecule has 1 unspecified atom stereocenters. The Hall–Kier alpha value is -1.67. The average molecular weight is 268 g/mol. The molecule has 0 fully saturated rings. The van der Waals surface area contributed by atoms with E-state index in [9.17, 15) is 0 Å². The molecule has 0 saturated heterocycles. The van der Waals surface area contributed by atoms with Gasteiger partial charge in [-0.15, -0.1) is 0 Å². The molecule has 0 aliphatic rings. The van der Waals surface area contributed by atoms with E-state index >= 15 is 0 Å². The standard InChI is InChI=1S/C18H24N2/c1-4-19-17(12-16-10-5-6-11-20-16)13-18-14(2)8-7-9-15(18)3/h5-11,17,19H,4,12-13H2,1-3H3. The fourth-order valence-electron chi connectivity index (χ4n) is 2.69. The van der Waals surface area contributed by atoms with E-state index in [1.54, 1.807) is 0 Å². The van der Waals surface area contributed by atoms with E-state index in [2.05, 4.69) is 61.4 Å². The Morgan fingerprint density at radius 3 is 2.35 bits per heavy atom. The molecule has 106 valence electrons. The molecule has 0 radical (unpaired) electrons. The lowest BCUT2D eigenvalue weighted by molar-refractivity contribution is 0.515. The largest absolute Gasteiger partial charge is 0.314 e. The Bertz CT molecular complexity index is 514. The van der Waals surface area contributed by atoms with Crippen molar-refractivity contribution >= 4 is 0 Å². The van der Waals surface area contributed by atoms with Crippen LogP contribution < -0.4 is 5.32 Å². The predicted octanol–water partition coefficient (Wildman–Crippen LogP) is 3.46. The third-order valence-corrected chi connectivity index (χ3v) is 3.77. The van der Waals surface area contributed by atoms with E-state index in [4.69, 9.17) is 0 Å². The van der Waals surface area contributed by atoms with Crippen molar-refractivity contribution in [1.82, 2.24) is 10.3 Å². The van der Waals surface area contributed by atoms with E-state index in [-0.39, 0.29) is 0 Å². The van der Waals surface area contributed by atoms with Gasteiger partial charge in [0.2, 0.25) is 0 Å². The molecule has 1 atom stereocenters. The second kappa shape index (κ2) is 7.20. The van der Waals surface area contributed by atoms with Crippen molar-refractivity contribution in [2.75, 3.05) is 6.54 Å². The highest BCUT2D eigenvalue weighted by Crippen LogP contribution is 2.16. The van der Waals surface area contributed by atoms with Gasteiger partial charge in [-0.2, -0.15) is 0 Å². The Morgan fingerprint density at radius 1 is 1.00 bits per heavy atom. The highest BCUT2D eigenvalue weighted by Gasteiger charge is 2.13. The number of hydrogen-bond acceptors (Lipinski definition) is 2. The first kappa shape index (κ1) is 14.7. The highest BCUT2D eigenvalue weighted by atomic mass is 14.9. The van der Waals surface area contributed by atoms with Crippen molar-refractivity contribution in [1.29, 1.82) is 0 Å². The minimum absolute atomic E-state index is 0.440. The minimum Gasteiger partial charge on any atom is -0.314 e. The van der Waals surface area contributed by atoms with E-state index < -0.39 is 0 Å². The summed E-state index contributed by atoms with van der Waals surface area (Å²) in [6.45, 7) is 7.55. The van der Waals surface area contributed by atoms with Crippen molar-refractivity contribution < 1.29 is 0 Å². The maximum atomic E-state index is 4.45. The first-order chi connectivity index (χ1) is 9.70. The van der Waals surface area contributed by atoms with Gasteiger partial charge in [0.1, 0.15) is 0 Å². The van der Waals surface area contributed by atoms with Gasteiger partial charge >= 0.3 is 0 Å². The number of pyridine rings is 1. The molecule has 2 heteroatoms. The highest BCUT2D eigenvalue weighted by molar-refractivity contribution is 5.34. The number of hydrogen-bond donors (Lipinski definition) is 1. The SMILES string of the molecule is CCNC(Cc1ccccn1)Cc1c(C)cccc1C. The van der Waals surface area contributed by atoms with Gasteiger partial charge in [-0.05, 0) is 55.6 Å². The summed E-state index contributed by atoms with van der Waals surface area (Å²) in [5, 5.41) is 3.59. The van der Waals surface area contributed by atoms with E-state index in [0.717, 1.165) is 25.1 Å². The second-order valence-electron chi connectivity index (χ2n) is 5.35. The Labute approximate surface area is 122 Å². The van der Waals surface area contributed by atoms with Crippen LogP contribution >= 0.6 is 0 Å². The monoisotopic (exact) mass is 268 g/mol. The van der Waals surface area contributed by atoms with Crippen LogP contribution in [0, 0.1) is 13.8 Å². The van der Waals surface area contributed by atoms with Crippen molar-refractivity contribution in [3.05, 3.63) is 65.0 Å². The van der Waals surface area contributed by atoms with Crippen LogP contribution in [0.5, 0.6) is 0 Å². The summed E-state index contributed by atoms with van der Waals surface area (Å²) in [7, 11) is 0. The van der Waals surface area contributed by atoms with Crippen LogP contribution in [0.3, 0.4) is 0 Å². The lowest BCUT2D eigenvalue weighted by atomic mass is 9.94. The molecule has 2 nitrogen and oxygen atoms in total. The summed E-state index contributed by atoms with van der Waals surface area (Å²) >= 11 is 0. The lowest BCUT2D eigenvalue weighted by Gasteiger charge is -2.20. The second-order valence-corrected chi connectivity index (χ2v) is 5.35. The summed E-state index contributed by atoms with van der Waals surface area (Å²) in [6.07, 6.45) is 3.91. The summed E-state index contributed by atoms with van der Waals surface area (Å²) in [5.41, 5.74) is 5.39. The maximum Gasteiger partial charge on any atom is 0.0419 e. The van der Waals surface area contributed by atoms with Crippen molar-refractivity contribution in [3.8, 4) is 0 Å². The molecule has 0 aliphatic carbocycles. The molecular formula is C18H24N2. The number of benzene rings is 1. The third kappa shape index (κ3) is 3.91. The minimum atomic E-state index is 0.440. The van der Waals surface area contributed by atoms with Gasteiger partial charge in [-0.25, -0.2) is 0 Å². The summed E-state index contributed by atoms with van der Waals surface area (Å²) < 4.78 is 0. The number of nitrogens with one attached hydrogen (secondary N) is 1. The molecule has 0 spiro atoms. The molecule has 1 N–H and O–H groups in total. The third-order valence-electron chi connectivity index (χ3n) is 3.77. The average Bonchev–Trinajstić information content (AvgIpc) is 2.44. The molecule has 0 aliphatic heterocycles. The van der Waals surface area contributed by atoms with Crippen LogP contribution in [0.1, 0.15) is 29.3 Å². The van der Waals surface area contributed by atoms with Gasteiger partial charge < -0.3 is 5.32 Å². The van der Waals surface area contributed by atoms with Crippen LogP contribution in [0.15, 0.2) is 42.6 Å².